The highest BCUT2D eigenvalue weighted by Crippen LogP contribution is 2.36. The molecular formula is C8H9BrClN3O2. The van der Waals surface area contributed by atoms with Gasteiger partial charge in [0.15, 0.2) is 10.8 Å². The molecule has 82 valence electrons. The maximum atomic E-state index is 10.8. The van der Waals surface area contributed by atoms with E-state index in [1.165, 1.54) is 6.20 Å². The summed E-state index contributed by atoms with van der Waals surface area (Å²) in [5, 5.41) is 13.8. The van der Waals surface area contributed by atoms with Gasteiger partial charge in [-0.15, -0.1) is 0 Å². The zero-order chi connectivity index (χ0) is 11.6. The number of aromatic nitrogens is 1. The molecule has 0 unspecified atom stereocenters. The second-order valence-electron chi connectivity index (χ2n) is 3.18. The van der Waals surface area contributed by atoms with Crippen LogP contribution in [0.2, 0.25) is 5.15 Å². The molecule has 0 aliphatic carbocycles. The topological polar surface area (TPSA) is 68.1 Å². The van der Waals surface area contributed by atoms with Gasteiger partial charge >= 0.3 is 5.69 Å². The van der Waals surface area contributed by atoms with Crippen molar-refractivity contribution in [3.8, 4) is 0 Å². The molecule has 0 bridgehead atoms. The Morgan fingerprint density at radius 3 is 2.73 bits per heavy atom. The van der Waals surface area contributed by atoms with Gasteiger partial charge in [-0.25, -0.2) is 4.98 Å². The van der Waals surface area contributed by atoms with E-state index < -0.39 is 4.92 Å². The second kappa shape index (κ2) is 4.76. The highest BCUT2D eigenvalue weighted by atomic mass is 79.9. The summed E-state index contributed by atoms with van der Waals surface area (Å²) in [7, 11) is 0. The fourth-order valence-electron chi connectivity index (χ4n) is 1.05. The zero-order valence-electron chi connectivity index (χ0n) is 8.12. The van der Waals surface area contributed by atoms with Gasteiger partial charge in [0.05, 0.1) is 4.92 Å². The lowest BCUT2D eigenvalue weighted by Crippen LogP contribution is -2.12. The molecule has 0 atom stereocenters. The summed E-state index contributed by atoms with van der Waals surface area (Å²) in [6.07, 6.45) is 1.31. The summed E-state index contributed by atoms with van der Waals surface area (Å²) in [6, 6.07) is 0.0392. The average molecular weight is 295 g/mol. The third-order valence-corrected chi connectivity index (χ3v) is 2.44. The summed E-state index contributed by atoms with van der Waals surface area (Å²) in [5.41, 5.74) is 0.148. The quantitative estimate of drug-likeness (QED) is 0.528. The molecule has 0 fully saturated rings. The molecule has 1 aromatic heterocycles. The molecule has 1 aromatic rings. The van der Waals surface area contributed by atoms with Gasteiger partial charge in [0.1, 0.15) is 4.47 Å². The number of pyridine rings is 1. The van der Waals surface area contributed by atoms with Crippen molar-refractivity contribution in [2.75, 3.05) is 5.32 Å². The lowest BCUT2D eigenvalue weighted by atomic mass is 10.3. The molecular weight excluding hydrogens is 285 g/mol. The monoisotopic (exact) mass is 293 g/mol. The van der Waals surface area contributed by atoms with Crippen molar-refractivity contribution in [1.82, 2.24) is 4.98 Å². The molecule has 1 rings (SSSR count). The molecule has 0 aromatic carbocycles. The van der Waals surface area contributed by atoms with Gasteiger partial charge in [0.25, 0.3) is 0 Å². The van der Waals surface area contributed by atoms with E-state index in [9.17, 15) is 10.1 Å². The standard InChI is InChI=1S/C8H9BrClN3O2/c1-4(2)12-6-7(13(14)15)5(9)3-11-8(6)10/h3-4,12H,1-2H3. The van der Waals surface area contributed by atoms with Crippen LogP contribution in [-0.2, 0) is 0 Å². The number of rotatable bonds is 3. The van der Waals surface area contributed by atoms with Crippen LogP contribution >= 0.6 is 27.5 Å². The number of hydrogen-bond donors (Lipinski definition) is 1. The van der Waals surface area contributed by atoms with Crippen LogP contribution in [0.3, 0.4) is 0 Å². The van der Waals surface area contributed by atoms with E-state index in [1.807, 2.05) is 13.8 Å². The number of nitro groups is 1. The highest BCUT2D eigenvalue weighted by Gasteiger charge is 2.22. The fourth-order valence-corrected chi connectivity index (χ4v) is 1.69. The first-order chi connectivity index (χ1) is 6.93. The molecule has 15 heavy (non-hydrogen) atoms. The number of hydrogen-bond acceptors (Lipinski definition) is 4. The Kier molecular flexibility index (Phi) is 3.87. The summed E-state index contributed by atoms with van der Waals surface area (Å²) in [5.74, 6) is 0. The molecule has 0 spiro atoms. The SMILES string of the molecule is CC(C)Nc1c(Cl)ncc(Br)c1[N+](=O)[O-]. The maximum Gasteiger partial charge on any atom is 0.311 e. The zero-order valence-corrected chi connectivity index (χ0v) is 10.5. The number of nitrogens with zero attached hydrogens (tertiary/aromatic N) is 2. The minimum atomic E-state index is -0.498. The molecule has 0 saturated heterocycles. The van der Waals surface area contributed by atoms with Crippen molar-refractivity contribution in [3.05, 3.63) is 25.9 Å². The van der Waals surface area contributed by atoms with E-state index in [-0.39, 0.29) is 22.6 Å². The Morgan fingerprint density at radius 2 is 2.27 bits per heavy atom. The van der Waals surface area contributed by atoms with Crippen LogP contribution < -0.4 is 5.32 Å². The molecule has 0 aliphatic heterocycles. The van der Waals surface area contributed by atoms with Crippen LogP contribution in [0.15, 0.2) is 10.7 Å². The molecule has 0 amide bonds. The van der Waals surface area contributed by atoms with Crippen LogP contribution in [0.25, 0.3) is 0 Å². The van der Waals surface area contributed by atoms with Crippen LogP contribution in [0.1, 0.15) is 13.8 Å². The molecule has 1 heterocycles. The van der Waals surface area contributed by atoms with E-state index in [4.69, 9.17) is 11.6 Å². The largest absolute Gasteiger partial charge is 0.375 e. The third kappa shape index (κ3) is 2.79. The summed E-state index contributed by atoms with van der Waals surface area (Å²) >= 11 is 8.86. The van der Waals surface area contributed by atoms with Gasteiger partial charge in [-0.2, -0.15) is 0 Å². The Hall–Kier alpha value is -0.880. The van der Waals surface area contributed by atoms with Crippen molar-refractivity contribution < 1.29 is 4.92 Å². The number of nitrogens with one attached hydrogen (secondary N) is 1. The first-order valence-corrected chi connectivity index (χ1v) is 5.35. The molecule has 7 heteroatoms. The third-order valence-electron chi connectivity index (χ3n) is 1.58. The normalized spacial score (nSPS) is 10.5. The highest BCUT2D eigenvalue weighted by molar-refractivity contribution is 9.10. The van der Waals surface area contributed by atoms with Crippen LogP contribution in [0, 0.1) is 10.1 Å². The van der Waals surface area contributed by atoms with Gasteiger partial charge in [0, 0.05) is 12.2 Å². The van der Waals surface area contributed by atoms with Gasteiger partial charge in [-0.3, -0.25) is 10.1 Å². The Balaban J connectivity index is 3.31. The Bertz CT molecular complexity index is 398. The lowest BCUT2D eigenvalue weighted by Gasteiger charge is -2.11. The lowest BCUT2D eigenvalue weighted by molar-refractivity contribution is -0.384. The number of anilines is 1. The van der Waals surface area contributed by atoms with Crippen molar-refractivity contribution in [1.29, 1.82) is 0 Å². The van der Waals surface area contributed by atoms with Gasteiger partial charge < -0.3 is 5.32 Å². The van der Waals surface area contributed by atoms with Crippen molar-refractivity contribution in [3.63, 3.8) is 0 Å². The van der Waals surface area contributed by atoms with E-state index in [0.29, 0.717) is 4.47 Å². The smallest absolute Gasteiger partial charge is 0.311 e. The minimum Gasteiger partial charge on any atom is -0.375 e. The van der Waals surface area contributed by atoms with Gasteiger partial charge in [-0.1, -0.05) is 11.6 Å². The van der Waals surface area contributed by atoms with E-state index in [0.717, 1.165) is 0 Å². The van der Waals surface area contributed by atoms with E-state index in [1.54, 1.807) is 0 Å². The fraction of sp³-hybridized carbons (Fsp3) is 0.375. The average Bonchev–Trinajstić information content (AvgIpc) is 2.10. The van der Waals surface area contributed by atoms with Crippen molar-refractivity contribution >= 4 is 38.9 Å². The van der Waals surface area contributed by atoms with Crippen LogP contribution in [0.4, 0.5) is 11.4 Å². The summed E-state index contributed by atoms with van der Waals surface area (Å²) in [6.45, 7) is 3.72. The predicted octanol–water partition coefficient (Wildman–Crippen LogP) is 3.23. The molecule has 0 radical (unpaired) electrons. The van der Waals surface area contributed by atoms with Crippen molar-refractivity contribution in [2.45, 2.75) is 19.9 Å². The maximum absolute atomic E-state index is 10.8. The molecule has 0 aliphatic rings. The minimum absolute atomic E-state index is 0.0392. The molecule has 5 nitrogen and oxygen atoms in total. The second-order valence-corrected chi connectivity index (χ2v) is 4.39. The van der Waals surface area contributed by atoms with Crippen molar-refractivity contribution in [2.24, 2.45) is 0 Å². The Morgan fingerprint density at radius 1 is 1.67 bits per heavy atom. The van der Waals surface area contributed by atoms with E-state index >= 15 is 0 Å². The summed E-state index contributed by atoms with van der Waals surface area (Å²) < 4.78 is 0.306. The molecule has 1 N–H and O–H groups in total. The van der Waals surface area contributed by atoms with Gasteiger partial charge in [0.2, 0.25) is 0 Å². The van der Waals surface area contributed by atoms with Crippen LogP contribution in [0.5, 0.6) is 0 Å². The first kappa shape index (κ1) is 12.2. The Labute approximate surface area is 100 Å². The summed E-state index contributed by atoms with van der Waals surface area (Å²) in [4.78, 5) is 14.2. The number of halogens is 2. The first-order valence-electron chi connectivity index (χ1n) is 4.18. The predicted molar refractivity (Wildman–Crippen MR) is 62.4 cm³/mol. The molecule has 0 saturated carbocycles. The van der Waals surface area contributed by atoms with Gasteiger partial charge in [-0.05, 0) is 29.8 Å². The van der Waals surface area contributed by atoms with E-state index in [2.05, 4.69) is 26.2 Å². The van der Waals surface area contributed by atoms with Crippen LogP contribution in [-0.4, -0.2) is 15.9 Å².